The summed E-state index contributed by atoms with van der Waals surface area (Å²) in [5.41, 5.74) is 0. The number of ketones is 1. The van der Waals surface area contributed by atoms with E-state index >= 15 is 0 Å². The summed E-state index contributed by atoms with van der Waals surface area (Å²) in [6, 6.07) is 0. The Balaban J connectivity index is 2.39. The molecular formula is C8H14O3. The fraction of sp³-hybridized carbons (Fsp3) is 0.875. The topological polar surface area (TPSA) is 46.5 Å². The minimum absolute atomic E-state index is 0.0394. The third-order valence-corrected chi connectivity index (χ3v) is 2.18. The van der Waals surface area contributed by atoms with Gasteiger partial charge in [0.1, 0.15) is 6.61 Å². The molecule has 1 fully saturated rings. The smallest absolute Gasteiger partial charge is 0.164 e. The molecule has 0 spiro atoms. The van der Waals surface area contributed by atoms with Crippen LogP contribution in [0, 0.1) is 5.92 Å². The Morgan fingerprint density at radius 1 is 1.64 bits per heavy atom. The Labute approximate surface area is 66.4 Å². The lowest BCUT2D eigenvalue weighted by Gasteiger charge is -2.11. The zero-order chi connectivity index (χ0) is 8.27. The number of carbonyl (C=O) groups excluding carboxylic acids is 1. The van der Waals surface area contributed by atoms with Crippen molar-refractivity contribution in [3.05, 3.63) is 0 Å². The molecule has 0 bridgehead atoms. The zero-order valence-electron chi connectivity index (χ0n) is 6.75. The monoisotopic (exact) mass is 158 g/mol. The van der Waals surface area contributed by atoms with Crippen molar-refractivity contribution in [3.8, 4) is 0 Å². The van der Waals surface area contributed by atoms with Crippen molar-refractivity contribution in [2.45, 2.75) is 25.4 Å². The standard InChI is InChI=1S/C8H14O3/c1-11-5-8(10)6-3-2-4-7(6)9/h6-7,9H,2-5H2,1H3/t6-,7+/m0/s1. The summed E-state index contributed by atoms with van der Waals surface area (Å²) in [5.74, 6) is -0.118. The SMILES string of the molecule is COCC(=O)[C@H]1CCC[C@H]1O. The summed E-state index contributed by atoms with van der Waals surface area (Å²) in [6.07, 6.45) is 2.13. The molecule has 11 heavy (non-hydrogen) atoms. The van der Waals surface area contributed by atoms with Gasteiger partial charge < -0.3 is 9.84 Å². The number of Topliss-reactive ketones (excluding diaryl/α,β-unsaturated/α-hetero) is 1. The Kier molecular flexibility index (Phi) is 3.02. The Hall–Kier alpha value is -0.410. The van der Waals surface area contributed by atoms with Crippen LogP contribution >= 0.6 is 0 Å². The normalized spacial score (nSPS) is 30.7. The molecule has 0 saturated heterocycles. The first-order valence-corrected chi connectivity index (χ1v) is 3.95. The number of hydrogen-bond acceptors (Lipinski definition) is 3. The highest BCUT2D eigenvalue weighted by atomic mass is 16.5. The molecule has 3 nitrogen and oxygen atoms in total. The highest BCUT2D eigenvalue weighted by molar-refractivity contribution is 5.83. The molecule has 0 radical (unpaired) electrons. The van der Waals surface area contributed by atoms with E-state index in [-0.39, 0.29) is 18.3 Å². The second kappa shape index (κ2) is 3.83. The van der Waals surface area contributed by atoms with Crippen molar-refractivity contribution in [2.75, 3.05) is 13.7 Å². The molecule has 0 aliphatic heterocycles. The van der Waals surface area contributed by atoms with Crippen LogP contribution < -0.4 is 0 Å². The quantitative estimate of drug-likeness (QED) is 0.645. The van der Waals surface area contributed by atoms with E-state index in [1.54, 1.807) is 0 Å². The van der Waals surface area contributed by atoms with Crippen LogP contribution in [-0.4, -0.2) is 30.7 Å². The molecule has 1 N–H and O–H groups in total. The van der Waals surface area contributed by atoms with Gasteiger partial charge in [0.15, 0.2) is 5.78 Å². The molecule has 1 aliphatic carbocycles. The highest BCUT2D eigenvalue weighted by Gasteiger charge is 2.30. The number of aliphatic hydroxyl groups excluding tert-OH is 1. The molecule has 0 aromatic carbocycles. The van der Waals surface area contributed by atoms with E-state index < -0.39 is 6.10 Å². The lowest BCUT2D eigenvalue weighted by Crippen LogP contribution is -2.25. The van der Waals surface area contributed by atoms with Crippen LogP contribution in [-0.2, 0) is 9.53 Å². The lowest BCUT2D eigenvalue weighted by molar-refractivity contribution is -0.129. The fourth-order valence-corrected chi connectivity index (χ4v) is 1.57. The largest absolute Gasteiger partial charge is 0.392 e. The highest BCUT2D eigenvalue weighted by Crippen LogP contribution is 2.26. The van der Waals surface area contributed by atoms with E-state index in [1.165, 1.54) is 7.11 Å². The van der Waals surface area contributed by atoms with Crippen LogP contribution in [0.4, 0.5) is 0 Å². The number of ether oxygens (including phenoxy) is 1. The second-order valence-corrected chi connectivity index (χ2v) is 3.00. The minimum Gasteiger partial charge on any atom is -0.392 e. The molecule has 1 aliphatic rings. The van der Waals surface area contributed by atoms with Crippen LogP contribution in [0.15, 0.2) is 0 Å². The van der Waals surface area contributed by atoms with Crippen molar-refractivity contribution in [1.82, 2.24) is 0 Å². The average molecular weight is 158 g/mol. The van der Waals surface area contributed by atoms with Crippen LogP contribution in [0.2, 0.25) is 0 Å². The van der Waals surface area contributed by atoms with Gasteiger partial charge in [-0.2, -0.15) is 0 Å². The van der Waals surface area contributed by atoms with Gasteiger partial charge in [-0.3, -0.25) is 4.79 Å². The van der Waals surface area contributed by atoms with Crippen LogP contribution in [0.25, 0.3) is 0 Å². The fourth-order valence-electron chi connectivity index (χ4n) is 1.57. The number of aliphatic hydroxyl groups is 1. The molecule has 0 amide bonds. The Bertz CT molecular complexity index is 144. The average Bonchev–Trinajstić information content (AvgIpc) is 2.36. The minimum atomic E-state index is -0.419. The van der Waals surface area contributed by atoms with Gasteiger partial charge in [-0.15, -0.1) is 0 Å². The van der Waals surface area contributed by atoms with E-state index in [0.29, 0.717) is 0 Å². The van der Waals surface area contributed by atoms with Gasteiger partial charge in [0.05, 0.1) is 6.10 Å². The third kappa shape index (κ3) is 2.01. The first-order chi connectivity index (χ1) is 5.25. The van der Waals surface area contributed by atoms with Crippen LogP contribution in [0.3, 0.4) is 0 Å². The molecule has 0 unspecified atom stereocenters. The predicted octanol–water partition coefficient (Wildman–Crippen LogP) is 0.363. The molecule has 0 aromatic heterocycles. The van der Waals surface area contributed by atoms with Gasteiger partial charge in [-0.05, 0) is 12.8 Å². The van der Waals surface area contributed by atoms with Gasteiger partial charge in [-0.1, -0.05) is 6.42 Å². The second-order valence-electron chi connectivity index (χ2n) is 3.00. The predicted molar refractivity (Wildman–Crippen MR) is 40.2 cm³/mol. The van der Waals surface area contributed by atoms with E-state index in [9.17, 15) is 9.90 Å². The first-order valence-electron chi connectivity index (χ1n) is 3.95. The number of rotatable bonds is 3. The van der Waals surface area contributed by atoms with E-state index in [1.807, 2.05) is 0 Å². The molecule has 3 heteroatoms. The van der Waals surface area contributed by atoms with Gasteiger partial charge in [-0.25, -0.2) is 0 Å². The number of hydrogen-bond donors (Lipinski definition) is 1. The molecule has 2 atom stereocenters. The van der Waals surface area contributed by atoms with Gasteiger partial charge >= 0.3 is 0 Å². The maximum Gasteiger partial charge on any atom is 0.164 e. The summed E-state index contributed by atoms with van der Waals surface area (Å²) >= 11 is 0. The van der Waals surface area contributed by atoms with Crippen molar-refractivity contribution < 1.29 is 14.6 Å². The van der Waals surface area contributed by atoms with Crippen molar-refractivity contribution >= 4 is 5.78 Å². The van der Waals surface area contributed by atoms with Crippen molar-refractivity contribution in [3.63, 3.8) is 0 Å². The molecule has 1 saturated carbocycles. The first kappa shape index (κ1) is 8.68. The summed E-state index contributed by atoms with van der Waals surface area (Å²) in [5, 5.41) is 9.31. The van der Waals surface area contributed by atoms with Crippen molar-refractivity contribution in [2.24, 2.45) is 5.92 Å². The van der Waals surface area contributed by atoms with E-state index in [4.69, 9.17) is 4.74 Å². The summed E-state index contributed by atoms with van der Waals surface area (Å²) in [4.78, 5) is 11.2. The zero-order valence-corrected chi connectivity index (χ0v) is 6.75. The lowest BCUT2D eigenvalue weighted by atomic mass is 10.0. The molecule has 0 aromatic rings. The molecule has 1 rings (SSSR count). The molecular weight excluding hydrogens is 144 g/mol. The van der Waals surface area contributed by atoms with Gasteiger partial charge in [0.2, 0.25) is 0 Å². The Morgan fingerprint density at radius 2 is 2.36 bits per heavy atom. The Morgan fingerprint density at radius 3 is 2.82 bits per heavy atom. The number of methoxy groups -OCH3 is 1. The van der Waals surface area contributed by atoms with Gasteiger partial charge in [0, 0.05) is 13.0 Å². The van der Waals surface area contributed by atoms with E-state index in [0.717, 1.165) is 19.3 Å². The molecule has 0 heterocycles. The number of carbonyl (C=O) groups is 1. The van der Waals surface area contributed by atoms with Crippen LogP contribution in [0.5, 0.6) is 0 Å². The van der Waals surface area contributed by atoms with Crippen molar-refractivity contribution in [1.29, 1.82) is 0 Å². The third-order valence-electron chi connectivity index (χ3n) is 2.18. The summed E-state index contributed by atoms with van der Waals surface area (Å²) in [7, 11) is 1.50. The van der Waals surface area contributed by atoms with E-state index in [2.05, 4.69) is 0 Å². The summed E-state index contributed by atoms with van der Waals surface area (Å²) in [6.45, 7) is 0.141. The maximum atomic E-state index is 11.2. The molecule has 64 valence electrons. The maximum absolute atomic E-state index is 11.2. The summed E-state index contributed by atoms with van der Waals surface area (Å²) < 4.78 is 4.70. The van der Waals surface area contributed by atoms with Gasteiger partial charge in [0.25, 0.3) is 0 Å². The van der Waals surface area contributed by atoms with Crippen LogP contribution in [0.1, 0.15) is 19.3 Å².